The molecule has 2 atom stereocenters. The van der Waals surface area contributed by atoms with Gasteiger partial charge in [-0.15, -0.1) is 0 Å². The molecule has 18 heavy (non-hydrogen) atoms. The zero-order chi connectivity index (χ0) is 13.1. The van der Waals surface area contributed by atoms with Gasteiger partial charge >= 0.3 is 0 Å². The van der Waals surface area contributed by atoms with E-state index < -0.39 is 0 Å². The average molecular weight is 246 g/mol. The molecule has 1 aromatic rings. The third-order valence-electron chi connectivity index (χ3n) is 3.56. The van der Waals surface area contributed by atoms with E-state index in [1.165, 1.54) is 5.56 Å². The van der Waals surface area contributed by atoms with Crippen LogP contribution in [0.2, 0.25) is 0 Å². The number of amides is 1. The minimum atomic E-state index is -0.0965. The number of rotatable bonds is 2. The minimum Gasteiger partial charge on any atom is -0.311 e. The number of carbonyl (C=O) groups is 1. The van der Waals surface area contributed by atoms with Gasteiger partial charge in [-0.2, -0.15) is 0 Å². The van der Waals surface area contributed by atoms with Gasteiger partial charge in [-0.25, -0.2) is 0 Å². The van der Waals surface area contributed by atoms with E-state index in [2.05, 4.69) is 43.4 Å². The van der Waals surface area contributed by atoms with Crippen LogP contribution in [-0.4, -0.2) is 25.0 Å². The molecule has 0 spiro atoms. The van der Waals surface area contributed by atoms with Crippen molar-refractivity contribution in [2.75, 3.05) is 18.0 Å². The van der Waals surface area contributed by atoms with Crippen LogP contribution in [0.4, 0.5) is 5.69 Å². The molecule has 2 unspecified atom stereocenters. The first-order chi connectivity index (χ1) is 8.61. The Morgan fingerprint density at radius 1 is 1.28 bits per heavy atom. The lowest BCUT2D eigenvalue weighted by atomic mass is 10.1. The number of nitrogens with one attached hydrogen (secondary N) is 1. The SMILES string of the molecule is CCc1ccc(N2CC(C)CNC(C)C2=O)cc1. The number of nitrogens with zero attached hydrogens (tertiary/aromatic N) is 1. The zero-order valence-corrected chi connectivity index (χ0v) is 11.4. The lowest BCUT2D eigenvalue weighted by Gasteiger charge is -2.24. The maximum atomic E-state index is 12.3. The van der Waals surface area contributed by atoms with Crippen LogP contribution < -0.4 is 10.2 Å². The van der Waals surface area contributed by atoms with E-state index in [1.54, 1.807) is 0 Å². The van der Waals surface area contributed by atoms with Crippen LogP contribution in [-0.2, 0) is 11.2 Å². The monoisotopic (exact) mass is 246 g/mol. The molecule has 1 aliphatic rings. The molecule has 98 valence electrons. The summed E-state index contributed by atoms with van der Waals surface area (Å²) in [7, 11) is 0. The predicted molar refractivity (Wildman–Crippen MR) is 74.8 cm³/mol. The molecule has 1 aliphatic heterocycles. The summed E-state index contributed by atoms with van der Waals surface area (Å²) in [6.45, 7) is 7.94. The van der Waals surface area contributed by atoms with Gasteiger partial charge < -0.3 is 10.2 Å². The lowest BCUT2D eigenvalue weighted by Crippen LogP contribution is -2.41. The molecule has 3 nitrogen and oxygen atoms in total. The molecule has 0 aliphatic carbocycles. The summed E-state index contributed by atoms with van der Waals surface area (Å²) in [5, 5.41) is 3.28. The molecule has 1 fully saturated rings. The summed E-state index contributed by atoms with van der Waals surface area (Å²) in [5.41, 5.74) is 2.32. The zero-order valence-electron chi connectivity index (χ0n) is 11.4. The van der Waals surface area contributed by atoms with Crippen LogP contribution in [0.5, 0.6) is 0 Å². The van der Waals surface area contributed by atoms with Crippen molar-refractivity contribution in [1.82, 2.24) is 5.32 Å². The van der Waals surface area contributed by atoms with Crippen molar-refractivity contribution in [1.29, 1.82) is 0 Å². The Morgan fingerprint density at radius 2 is 1.94 bits per heavy atom. The van der Waals surface area contributed by atoms with E-state index in [4.69, 9.17) is 0 Å². The quantitative estimate of drug-likeness (QED) is 0.867. The standard InChI is InChI=1S/C15H22N2O/c1-4-13-5-7-14(8-6-13)17-10-11(2)9-16-12(3)15(17)18/h5-8,11-12,16H,4,9-10H2,1-3H3. The molecule has 2 rings (SSSR count). The maximum absolute atomic E-state index is 12.3. The predicted octanol–water partition coefficient (Wildman–Crippen LogP) is 2.21. The highest BCUT2D eigenvalue weighted by molar-refractivity contribution is 5.97. The smallest absolute Gasteiger partial charge is 0.243 e. The Kier molecular flexibility index (Phi) is 4.02. The third kappa shape index (κ3) is 2.72. The van der Waals surface area contributed by atoms with Crippen LogP contribution >= 0.6 is 0 Å². The number of hydrogen-bond acceptors (Lipinski definition) is 2. The number of carbonyl (C=O) groups excluding carboxylic acids is 1. The van der Waals surface area contributed by atoms with E-state index in [0.29, 0.717) is 5.92 Å². The highest BCUT2D eigenvalue weighted by Gasteiger charge is 2.26. The van der Waals surface area contributed by atoms with Crippen molar-refractivity contribution >= 4 is 11.6 Å². The Bertz CT molecular complexity index is 413. The molecule has 1 N–H and O–H groups in total. The lowest BCUT2D eigenvalue weighted by molar-refractivity contribution is -0.119. The van der Waals surface area contributed by atoms with E-state index in [9.17, 15) is 4.79 Å². The largest absolute Gasteiger partial charge is 0.311 e. The van der Waals surface area contributed by atoms with Crippen LogP contribution in [0.25, 0.3) is 0 Å². The topological polar surface area (TPSA) is 32.3 Å². The number of anilines is 1. The molecule has 3 heteroatoms. The summed E-state index contributed by atoms with van der Waals surface area (Å²) in [6, 6.07) is 8.23. The third-order valence-corrected chi connectivity index (χ3v) is 3.56. The minimum absolute atomic E-state index is 0.0965. The van der Waals surface area contributed by atoms with Crippen molar-refractivity contribution in [2.24, 2.45) is 5.92 Å². The number of benzene rings is 1. The molecule has 1 heterocycles. The van der Waals surface area contributed by atoms with Gasteiger partial charge in [0, 0.05) is 18.8 Å². The molecule has 0 saturated carbocycles. The summed E-state index contributed by atoms with van der Waals surface area (Å²) in [4.78, 5) is 14.2. The maximum Gasteiger partial charge on any atom is 0.243 e. The average Bonchev–Trinajstić information content (AvgIpc) is 2.52. The summed E-state index contributed by atoms with van der Waals surface area (Å²) in [5.74, 6) is 0.647. The van der Waals surface area contributed by atoms with Gasteiger partial charge in [-0.05, 0) is 37.0 Å². The molecule has 0 bridgehead atoms. The van der Waals surface area contributed by atoms with Gasteiger partial charge in [-0.1, -0.05) is 26.0 Å². The van der Waals surface area contributed by atoms with Crippen molar-refractivity contribution in [3.63, 3.8) is 0 Å². The van der Waals surface area contributed by atoms with Crippen LogP contribution in [0.15, 0.2) is 24.3 Å². The first-order valence-electron chi connectivity index (χ1n) is 6.75. The molecule has 1 aromatic carbocycles. The number of aryl methyl sites for hydroxylation is 1. The van der Waals surface area contributed by atoms with Crippen molar-refractivity contribution in [2.45, 2.75) is 33.2 Å². The van der Waals surface area contributed by atoms with E-state index in [-0.39, 0.29) is 11.9 Å². The van der Waals surface area contributed by atoms with Gasteiger partial charge in [0.15, 0.2) is 0 Å². The molecule has 0 radical (unpaired) electrons. The first-order valence-corrected chi connectivity index (χ1v) is 6.75. The van der Waals surface area contributed by atoms with Gasteiger partial charge in [0.1, 0.15) is 0 Å². The highest BCUT2D eigenvalue weighted by atomic mass is 16.2. The molecule has 0 aromatic heterocycles. The van der Waals surface area contributed by atoms with Gasteiger partial charge in [0.2, 0.25) is 5.91 Å². The summed E-state index contributed by atoms with van der Waals surface area (Å²) < 4.78 is 0. The first kappa shape index (κ1) is 13.1. The van der Waals surface area contributed by atoms with Crippen LogP contribution in [0.3, 0.4) is 0 Å². The second-order valence-electron chi connectivity index (χ2n) is 5.20. The van der Waals surface area contributed by atoms with E-state index >= 15 is 0 Å². The van der Waals surface area contributed by atoms with Gasteiger partial charge in [-0.3, -0.25) is 4.79 Å². The number of hydrogen-bond donors (Lipinski definition) is 1. The fourth-order valence-corrected chi connectivity index (χ4v) is 2.31. The Hall–Kier alpha value is -1.35. The van der Waals surface area contributed by atoms with Gasteiger partial charge in [0.05, 0.1) is 6.04 Å². The van der Waals surface area contributed by atoms with E-state index in [0.717, 1.165) is 25.2 Å². The molecule has 1 saturated heterocycles. The fourth-order valence-electron chi connectivity index (χ4n) is 2.31. The molecular weight excluding hydrogens is 224 g/mol. The summed E-state index contributed by atoms with van der Waals surface area (Å²) in [6.07, 6.45) is 1.03. The normalized spacial score (nSPS) is 25.1. The van der Waals surface area contributed by atoms with Gasteiger partial charge in [0.25, 0.3) is 0 Å². The van der Waals surface area contributed by atoms with E-state index in [1.807, 2.05) is 11.8 Å². The Morgan fingerprint density at radius 3 is 2.56 bits per heavy atom. The molecular formula is C15H22N2O. The Labute approximate surface area is 109 Å². The highest BCUT2D eigenvalue weighted by Crippen LogP contribution is 2.20. The van der Waals surface area contributed by atoms with Crippen LogP contribution in [0, 0.1) is 5.92 Å². The second kappa shape index (κ2) is 5.53. The fraction of sp³-hybridized carbons (Fsp3) is 0.533. The molecule has 1 amide bonds. The summed E-state index contributed by atoms with van der Waals surface area (Å²) >= 11 is 0. The van der Waals surface area contributed by atoms with Crippen molar-refractivity contribution in [3.8, 4) is 0 Å². The van der Waals surface area contributed by atoms with Crippen LogP contribution in [0.1, 0.15) is 26.3 Å². The second-order valence-corrected chi connectivity index (χ2v) is 5.20. The van der Waals surface area contributed by atoms with Crippen molar-refractivity contribution in [3.05, 3.63) is 29.8 Å². The Balaban J connectivity index is 2.24. The van der Waals surface area contributed by atoms with Crippen molar-refractivity contribution < 1.29 is 4.79 Å².